The molecule has 0 spiro atoms. The second-order valence-corrected chi connectivity index (χ2v) is 6.70. The summed E-state index contributed by atoms with van der Waals surface area (Å²) in [4.78, 5) is 13.5. The number of rotatable bonds is 3. The van der Waals surface area contributed by atoms with Gasteiger partial charge in [0.15, 0.2) is 4.99 Å². The van der Waals surface area contributed by atoms with Crippen LogP contribution in [0.2, 0.25) is 0 Å². The first-order chi connectivity index (χ1) is 8.02. The molecule has 2 heterocycles. The number of hydrogen-bond donors (Lipinski definition) is 2. The SMILES string of the molecule is CCC(=O)NC1(C)NC(c2ccc(C)s2)=CS1. The molecule has 0 fully saturated rings. The summed E-state index contributed by atoms with van der Waals surface area (Å²) in [7, 11) is 0. The standard InChI is InChI=1S/C12H16N2OS2/c1-4-11(15)14-12(3)13-9(7-16-12)10-6-5-8(2)17-10/h5-7,13H,4H2,1-3H3,(H,14,15). The van der Waals surface area contributed by atoms with Crippen LogP contribution in [0.3, 0.4) is 0 Å². The molecule has 1 amide bonds. The zero-order chi connectivity index (χ0) is 12.5. The van der Waals surface area contributed by atoms with Crippen molar-refractivity contribution in [2.75, 3.05) is 0 Å². The van der Waals surface area contributed by atoms with Gasteiger partial charge in [-0.2, -0.15) is 0 Å². The van der Waals surface area contributed by atoms with Crippen molar-refractivity contribution in [3.05, 3.63) is 27.3 Å². The maximum Gasteiger partial charge on any atom is 0.222 e. The van der Waals surface area contributed by atoms with Crippen LogP contribution in [0.1, 0.15) is 30.0 Å². The highest BCUT2D eigenvalue weighted by Gasteiger charge is 2.31. The fraction of sp³-hybridized carbons (Fsp3) is 0.417. The van der Waals surface area contributed by atoms with Crippen LogP contribution in [0.4, 0.5) is 0 Å². The minimum atomic E-state index is -0.416. The monoisotopic (exact) mass is 268 g/mol. The Kier molecular flexibility index (Phi) is 3.49. The van der Waals surface area contributed by atoms with Crippen LogP contribution < -0.4 is 10.6 Å². The lowest BCUT2D eigenvalue weighted by Gasteiger charge is -2.26. The lowest BCUT2D eigenvalue weighted by molar-refractivity contribution is -0.121. The van der Waals surface area contributed by atoms with Crippen LogP contribution in [0, 0.1) is 6.92 Å². The van der Waals surface area contributed by atoms with Crippen molar-refractivity contribution in [3.63, 3.8) is 0 Å². The number of hydrogen-bond acceptors (Lipinski definition) is 4. The van der Waals surface area contributed by atoms with Crippen LogP contribution in [0.5, 0.6) is 0 Å². The number of thioether (sulfide) groups is 1. The summed E-state index contributed by atoms with van der Waals surface area (Å²) >= 11 is 3.36. The van der Waals surface area contributed by atoms with Gasteiger partial charge in [-0.3, -0.25) is 4.79 Å². The molecule has 17 heavy (non-hydrogen) atoms. The van der Waals surface area contributed by atoms with Crippen LogP contribution in [0.15, 0.2) is 17.5 Å². The van der Waals surface area contributed by atoms with Crippen LogP contribution in [-0.4, -0.2) is 10.9 Å². The Morgan fingerprint density at radius 1 is 1.53 bits per heavy atom. The van der Waals surface area contributed by atoms with Crippen molar-refractivity contribution in [2.45, 2.75) is 32.2 Å². The van der Waals surface area contributed by atoms with Crippen molar-refractivity contribution in [2.24, 2.45) is 0 Å². The molecule has 0 aromatic carbocycles. The summed E-state index contributed by atoms with van der Waals surface area (Å²) in [5, 5.41) is 8.41. The van der Waals surface area contributed by atoms with E-state index in [1.165, 1.54) is 9.75 Å². The van der Waals surface area contributed by atoms with Crippen molar-refractivity contribution < 1.29 is 4.79 Å². The van der Waals surface area contributed by atoms with E-state index in [2.05, 4.69) is 35.1 Å². The van der Waals surface area contributed by atoms with Gasteiger partial charge >= 0.3 is 0 Å². The fourth-order valence-electron chi connectivity index (χ4n) is 1.61. The van der Waals surface area contributed by atoms with E-state index >= 15 is 0 Å². The predicted molar refractivity (Wildman–Crippen MR) is 74.6 cm³/mol. The van der Waals surface area contributed by atoms with Gasteiger partial charge in [0.05, 0.1) is 10.6 Å². The highest BCUT2D eigenvalue weighted by atomic mass is 32.2. The highest BCUT2D eigenvalue weighted by Crippen LogP contribution is 2.35. The third-order valence-electron chi connectivity index (χ3n) is 2.49. The quantitative estimate of drug-likeness (QED) is 0.885. The first-order valence-corrected chi connectivity index (χ1v) is 7.26. The summed E-state index contributed by atoms with van der Waals surface area (Å²) in [5.41, 5.74) is 1.09. The molecule has 1 aliphatic heterocycles. The number of thiophene rings is 1. The molecule has 0 radical (unpaired) electrons. The van der Waals surface area contributed by atoms with Crippen molar-refractivity contribution in [3.8, 4) is 0 Å². The fourth-order valence-corrected chi connectivity index (χ4v) is 3.40. The van der Waals surface area contributed by atoms with E-state index in [9.17, 15) is 4.79 Å². The number of amides is 1. The maximum atomic E-state index is 11.4. The molecular weight excluding hydrogens is 252 g/mol. The molecule has 1 aromatic heterocycles. The second-order valence-electron chi connectivity index (χ2n) is 4.12. The summed E-state index contributed by atoms with van der Waals surface area (Å²) in [6.45, 7) is 5.93. The van der Waals surface area contributed by atoms with Gasteiger partial charge in [0.25, 0.3) is 0 Å². The van der Waals surface area contributed by atoms with E-state index in [0.717, 1.165) is 5.70 Å². The van der Waals surface area contributed by atoms with Gasteiger partial charge in [-0.1, -0.05) is 18.7 Å². The van der Waals surface area contributed by atoms with Crippen LogP contribution in [-0.2, 0) is 4.79 Å². The average Bonchev–Trinajstić information content (AvgIpc) is 2.85. The molecule has 1 unspecified atom stereocenters. The van der Waals surface area contributed by atoms with Gasteiger partial charge in [0.1, 0.15) is 0 Å². The molecule has 2 N–H and O–H groups in total. The molecule has 1 aliphatic rings. The predicted octanol–water partition coefficient (Wildman–Crippen LogP) is 2.89. The topological polar surface area (TPSA) is 41.1 Å². The molecule has 3 nitrogen and oxygen atoms in total. The Bertz CT molecular complexity index is 467. The number of carbonyl (C=O) groups excluding carboxylic acids is 1. The molecule has 92 valence electrons. The third kappa shape index (κ3) is 2.84. The second kappa shape index (κ2) is 4.74. The van der Waals surface area contributed by atoms with Gasteiger partial charge < -0.3 is 10.6 Å². The first-order valence-electron chi connectivity index (χ1n) is 5.56. The smallest absolute Gasteiger partial charge is 0.222 e. The molecule has 5 heteroatoms. The van der Waals surface area contributed by atoms with Gasteiger partial charge in [0, 0.05) is 11.3 Å². The Morgan fingerprint density at radius 2 is 2.29 bits per heavy atom. The van der Waals surface area contributed by atoms with Crippen molar-refractivity contribution in [1.29, 1.82) is 0 Å². The van der Waals surface area contributed by atoms with Crippen LogP contribution >= 0.6 is 23.1 Å². The minimum Gasteiger partial charge on any atom is -0.353 e. The van der Waals surface area contributed by atoms with Gasteiger partial charge in [0.2, 0.25) is 5.91 Å². The lowest BCUT2D eigenvalue weighted by Crippen LogP contribution is -2.50. The Labute approximate surface area is 110 Å². The molecule has 1 atom stereocenters. The highest BCUT2D eigenvalue weighted by molar-refractivity contribution is 8.03. The lowest BCUT2D eigenvalue weighted by atomic mass is 10.3. The summed E-state index contributed by atoms with van der Waals surface area (Å²) in [6.07, 6.45) is 0.505. The maximum absolute atomic E-state index is 11.4. The third-order valence-corrected chi connectivity index (χ3v) is 4.55. The Hall–Kier alpha value is -0.940. The zero-order valence-electron chi connectivity index (χ0n) is 10.2. The van der Waals surface area contributed by atoms with E-state index in [0.29, 0.717) is 6.42 Å². The normalized spacial score (nSPS) is 23.1. The molecule has 1 aromatic rings. The minimum absolute atomic E-state index is 0.0597. The van der Waals surface area contributed by atoms with Gasteiger partial charge in [-0.05, 0) is 31.4 Å². The van der Waals surface area contributed by atoms with Gasteiger partial charge in [-0.25, -0.2) is 0 Å². The zero-order valence-corrected chi connectivity index (χ0v) is 11.8. The van der Waals surface area contributed by atoms with Gasteiger partial charge in [-0.15, -0.1) is 11.3 Å². The molecule has 0 saturated carbocycles. The van der Waals surface area contributed by atoms with E-state index < -0.39 is 4.99 Å². The molecule has 0 aliphatic carbocycles. The molecule has 0 saturated heterocycles. The van der Waals surface area contributed by atoms with Crippen molar-refractivity contribution in [1.82, 2.24) is 10.6 Å². The summed E-state index contributed by atoms with van der Waals surface area (Å²) in [6, 6.07) is 4.21. The number of aryl methyl sites for hydroxylation is 1. The summed E-state index contributed by atoms with van der Waals surface area (Å²) < 4.78 is 0. The van der Waals surface area contributed by atoms with E-state index in [4.69, 9.17) is 0 Å². The van der Waals surface area contributed by atoms with E-state index in [1.54, 1.807) is 23.1 Å². The van der Waals surface area contributed by atoms with E-state index in [1.807, 2.05) is 13.8 Å². The van der Waals surface area contributed by atoms with Crippen molar-refractivity contribution >= 4 is 34.7 Å². The first kappa shape index (κ1) is 12.5. The molecule has 0 bridgehead atoms. The van der Waals surface area contributed by atoms with Crippen LogP contribution in [0.25, 0.3) is 5.70 Å². The Morgan fingerprint density at radius 3 is 2.88 bits per heavy atom. The molecule has 2 rings (SSSR count). The number of carbonyl (C=O) groups is 1. The summed E-state index contributed by atoms with van der Waals surface area (Å²) in [5.74, 6) is 0.0597. The Balaban J connectivity index is 2.05. The largest absolute Gasteiger partial charge is 0.353 e. The van der Waals surface area contributed by atoms with E-state index in [-0.39, 0.29) is 5.91 Å². The molecular formula is C12H16N2OS2. The average molecular weight is 268 g/mol. The number of nitrogens with one attached hydrogen (secondary N) is 2.